The second kappa shape index (κ2) is 4.91. The van der Waals surface area contributed by atoms with Gasteiger partial charge in [-0.25, -0.2) is 0 Å². The number of allylic oxidation sites excluding steroid dienone is 1. The first-order valence-electron chi connectivity index (χ1n) is 6.64. The Kier molecular flexibility index (Phi) is 3.11. The van der Waals surface area contributed by atoms with E-state index in [-0.39, 0.29) is 6.04 Å². The number of nitrogens with two attached hydrogens (primary N) is 1. The summed E-state index contributed by atoms with van der Waals surface area (Å²) in [7, 11) is 0. The highest BCUT2D eigenvalue weighted by molar-refractivity contribution is 5.83. The molecular weight excluding hydrogens is 220 g/mol. The van der Waals surface area contributed by atoms with E-state index in [0.29, 0.717) is 0 Å². The first kappa shape index (κ1) is 11.4. The van der Waals surface area contributed by atoms with Crippen LogP contribution in [0.25, 0.3) is 16.5 Å². The number of hydrogen-bond donors (Lipinski definition) is 1. The molecule has 1 aliphatic carbocycles. The monoisotopic (exact) mass is 238 g/mol. The molecule has 0 aliphatic heterocycles. The Balaban J connectivity index is 2.03. The molecule has 1 heterocycles. The van der Waals surface area contributed by atoms with Gasteiger partial charge in [-0.3, -0.25) is 4.98 Å². The Morgan fingerprint density at radius 2 is 2.11 bits per heavy atom. The van der Waals surface area contributed by atoms with Gasteiger partial charge in [0.05, 0.1) is 5.52 Å². The summed E-state index contributed by atoms with van der Waals surface area (Å²) in [4.78, 5) is 4.36. The van der Waals surface area contributed by atoms with Crippen molar-refractivity contribution in [3.8, 4) is 0 Å². The van der Waals surface area contributed by atoms with Gasteiger partial charge in [0.25, 0.3) is 0 Å². The van der Waals surface area contributed by atoms with Crippen LogP contribution in [0.2, 0.25) is 0 Å². The lowest BCUT2D eigenvalue weighted by molar-refractivity contribution is 0.658. The molecule has 2 N–H and O–H groups in total. The fourth-order valence-corrected chi connectivity index (χ4v) is 2.64. The van der Waals surface area contributed by atoms with E-state index in [0.717, 1.165) is 18.4 Å². The summed E-state index contributed by atoms with van der Waals surface area (Å²) >= 11 is 0. The van der Waals surface area contributed by atoms with Crippen molar-refractivity contribution >= 4 is 16.5 Å². The van der Waals surface area contributed by atoms with E-state index in [1.165, 1.54) is 29.4 Å². The summed E-state index contributed by atoms with van der Waals surface area (Å²) in [5.74, 6) is 0. The summed E-state index contributed by atoms with van der Waals surface area (Å²) in [6.07, 6.45) is 8.80. The van der Waals surface area contributed by atoms with Gasteiger partial charge in [0.1, 0.15) is 0 Å². The number of aromatic nitrogens is 1. The van der Waals surface area contributed by atoms with Crippen LogP contribution in [0.3, 0.4) is 0 Å². The fraction of sp³-hybridized carbons (Fsp3) is 0.312. The number of pyridine rings is 1. The van der Waals surface area contributed by atoms with Gasteiger partial charge in [-0.2, -0.15) is 0 Å². The zero-order valence-electron chi connectivity index (χ0n) is 10.5. The van der Waals surface area contributed by atoms with Gasteiger partial charge in [0, 0.05) is 17.6 Å². The molecule has 2 aromatic rings. The normalized spacial score (nSPS) is 20.5. The van der Waals surface area contributed by atoms with Gasteiger partial charge in [-0.1, -0.05) is 24.6 Å². The SMILES string of the molecule is NC1C=C(c2ccc3ncccc3c2)CCCC1. The van der Waals surface area contributed by atoms with E-state index in [4.69, 9.17) is 5.73 Å². The van der Waals surface area contributed by atoms with Crippen LogP contribution in [-0.2, 0) is 0 Å². The molecule has 0 spiro atoms. The van der Waals surface area contributed by atoms with E-state index < -0.39 is 0 Å². The number of rotatable bonds is 1. The Morgan fingerprint density at radius 3 is 3.06 bits per heavy atom. The smallest absolute Gasteiger partial charge is 0.0702 e. The number of fused-ring (bicyclic) bond motifs is 1. The number of hydrogen-bond acceptors (Lipinski definition) is 2. The quantitative estimate of drug-likeness (QED) is 0.825. The number of benzene rings is 1. The largest absolute Gasteiger partial charge is 0.324 e. The average molecular weight is 238 g/mol. The molecule has 1 aliphatic rings. The molecule has 0 amide bonds. The van der Waals surface area contributed by atoms with Crippen LogP contribution in [0.15, 0.2) is 42.6 Å². The van der Waals surface area contributed by atoms with Crippen LogP contribution >= 0.6 is 0 Å². The summed E-state index contributed by atoms with van der Waals surface area (Å²) < 4.78 is 0. The summed E-state index contributed by atoms with van der Waals surface area (Å²) in [6.45, 7) is 0. The van der Waals surface area contributed by atoms with Crippen molar-refractivity contribution in [3.05, 3.63) is 48.2 Å². The molecule has 0 saturated carbocycles. The predicted molar refractivity (Wildman–Crippen MR) is 76.2 cm³/mol. The van der Waals surface area contributed by atoms with Gasteiger partial charge in [0.15, 0.2) is 0 Å². The molecule has 0 radical (unpaired) electrons. The maximum atomic E-state index is 6.09. The Morgan fingerprint density at radius 1 is 1.17 bits per heavy atom. The highest BCUT2D eigenvalue weighted by Gasteiger charge is 2.10. The molecule has 1 aromatic heterocycles. The van der Waals surface area contributed by atoms with E-state index in [2.05, 4.69) is 35.3 Å². The summed E-state index contributed by atoms with van der Waals surface area (Å²) in [5, 5.41) is 1.20. The van der Waals surface area contributed by atoms with Gasteiger partial charge < -0.3 is 5.73 Å². The predicted octanol–water partition coefficient (Wildman–Crippen LogP) is 3.52. The standard InChI is InChI=1S/C16H18N2/c17-15-6-2-1-4-12(11-15)13-7-8-16-14(10-13)5-3-9-18-16/h3,5,7-11,15H,1-2,4,6,17H2. The van der Waals surface area contributed by atoms with Gasteiger partial charge in [0.2, 0.25) is 0 Å². The average Bonchev–Trinajstić information content (AvgIpc) is 2.63. The van der Waals surface area contributed by atoms with Crippen LogP contribution in [0.1, 0.15) is 31.2 Å². The summed E-state index contributed by atoms with van der Waals surface area (Å²) in [6, 6.07) is 10.8. The van der Waals surface area contributed by atoms with Crippen LogP contribution in [-0.4, -0.2) is 11.0 Å². The molecule has 0 fully saturated rings. The van der Waals surface area contributed by atoms with Crippen LogP contribution in [0.5, 0.6) is 0 Å². The molecule has 1 atom stereocenters. The van der Waals surface area contributed by atoms with Crippen LogP contribution in [0, 0.1) is 0 Å². The Hall–Kier alpha value is -1.67. The van der Waals surface area contributed by atoms with Crippen molar-refractivity contribution in [2.75, 3.05) is 0 Å². The molecule has 3 rings (SSSR count). The van der Waals surface area contributed by atoms with E-state index >= 15 is 0 Å². The van der Waals surface area contributed by atoms with E-state index in [9.17, 15) is 0 Å². The van der Waals surface area contributed by atoms with Gasteiger partial charge >= 0.3 is 0 Å². The minimum Gasteiger partial charge on any atom is -0.324 e. The van der Waals surface area contributed by atoms with E-state index in [1.807, 2.05) is 12.3 Å². The highest BCUT2D eigenvalue weighted by atomic mass is 14.6. The molecule has 0 saturated heterocycles. The molecule has 2 heteroatoms. The Labute approximate surface area is 108 Å². The van der Waals surface area contributed by atoms with Crippen molar-refractivity contribution in [2.45, 2.75) is 31.7 Å². The van der Waals surface area contributed by atoms with Crippen molar-refractivity contribution < 1.29 is 0 Å². The topological polar surface area (TPSA) is 38.9 Å². The van der Waals surface area contributed by atoms with Crippen molar-refractivity contribution in [1.82, 2.24) is 4.98 Å². The first-order chi connectivity index (χ1) is 8.83. The van der Waals surface area contributed by atoms with Gasteiger partial charge in [-0.05, 0) is 48.6 Å². The number of nitrogens with zero attached hydrogens (tertiary/aromatic N) is 1. The van der Waals surface area contributed by atoms with Gasteiger partial charge in [-0.15, -0.1) is 0 Å². The second-order valence-corrected chi connectivity index (χ2v) is 5.01. The molecular formula is C16H18N2. The lowest BCUT2D eigenvalue weighted by atomic mass is 9.99. The highest BCUT2D eigenvalue weighted by Crippen LogP contribution is 2.27. The first-order valence-corrected chi connectivity index (χ1v) is 6.64. The van der Waals surface area contributed by atoms with Crippen molar-refractivity contribution in [2.24, 2.45) is 5.73 Å². The Bertz CT molecular complexity index is 586. The lowest BCUT2D eigenvalue weighted by Gasteiger charge is -2.08. The molecule has 0 bridgehead atoms. The maximum absolute atomic E-state index is 6.09. The second-order valence-electron chi connectivity index (χ2n) is 5.01. The molecule has 92 valence electrons. The molecule has 1 unspecified atom stereocenters. The zero-order chi connectivity index (χ0) is 12.4. The minimum atomic E-state index is 0.215. The van der Waals surface area contributed by atoms with Crippen LogP contribution in [0.4, 0.5) is 0 Å². The van der Waals surface area contributed by atoms with Crippen molar-refractivity contribution in [1.29, 1.82) is 0 Å². The third-order valence-corrected chi connectivity index (χ3v) is 3.62. The maximum Gasteiger partial charge on any atom is 0.0702 e. The summed E-state index contributed by atoms with van der Waals surface area (Å²) in [5.41, 5.74) is 9.83. The molecule has 1 aromatic carbocycles. The van der Waals surface area contributed by atoms with E-state index in [1.54, 1.807) is 0 Å². The zero-order valence-corrected chi connectivity index (χ0v) is 10.5. The third kappa shape index (κ3) is 2.29. The lowest BCUT2D eigenvalue weighted by Crippen LogP contribution is -2.15. The molecule has 2 nitrogen and oxygen atoms in total. The van der Waals surface area contributed by atoms with Crippen molar-refractivity contribution in [3.63, 3.8) is 0 Å². The van der Waals surface area contributed by atoms with Crippen LogP contribution < -0.4 is 5.73 Å². The molecule has 18 heavy (non-hydrogen) atoms. The fourth-order valence-electron chi connectivity index (χ4n) is 2.64. The minimum absolute atomic E-state index is 0.215. The third-order valence-electron chi connectivity index (χ3n) is 3.62.